The van der Waals surface area contributed by atoms with E-state index in [1.54, 1.807) is 35.5 Å². The molecule has 1 aliphatic heterocycles. The quantitative estimate of drug-likeness (QED) is 0.520. The van der Waals surface area contributed by atoms with Gasteiger partial charge in [0, 0.05) is 30.1 Å². The molecule has 4 aromatic rings. The van der Waals surface area contributed by atoms with Crippen LogP contribution in [0.15, 0.2) is 67.0 Å². The van der Waals surface area contributed by atoms with Gasteiger partial charge in [-0.3, -0.25) is 14.9 Å². The molecule has 3 heterocycles. The van der Waals surface area contributed by atoms with E-state index < -0.39 is 6.04 Å². The molecule has 0 saturated carbocycles. The molecule has 5 rings (SSSR count). The van der Waals surface area contributed by atoms with Gasteiger partial charge in [-0.05, 0) is 48.4 Å². The number of aromatic hydroxyl groups is 1. The lowest BCUT2D eigenvalue weighted by atomic mass is 9.95. The fourth-order valence-electron chi connectivity index (χ4n) is 4.08. The number of halogens is 1. The number of nitrogens with one attached hydrogen (secondary N) is 1. The molecule has 1 aliphatic rings. The Kier molecular flexibility index (Phi) is 4.51. The van der Waals surface area contributed by atoms with Crippen molar-refractivity contribution in [1.82, 2.24) is 20.1 Å². The third kappa shape index (κ3) is 3.24. The first-order valence-electron chi connectivity index (χ1n) is 9.86. The Hall–Kier alpha value is -4.00. The first-order valence-corrected chi connectivity index (χ1v) is 9.86. The summed E-state index contributed by atoms with van der Waals surface area (Å²) in [5.41, 5.74) is 4.68. The standard InChI is InChI=1S/C24H19FN4O2/c1-14-4-9-19(30)18(11-14)21-20-22(28-27-21)24(31)29(13-15-3-2-10-26-12-15)23(20)16-5-7-17(25)8-6-16/h2-12,23,30H,13H2,1H3,(H,27,28)/t23-/m0/s1. The number of fused-ring (bicyclic) bond motifs is 1. The van der Waals surface area contributed by atoms with Gasteiger partial charge in [0.2, 0.25) is 0 Å². The first-order chi connectivity index (χ1) is 15.0. The molecule has 0 bridgehead atoms. The van der Waals surface area contributed by atoms with Gasteiger partial charge in [-0.25, -0.2) is 4.39 Å². The van der Waals surface area contributed by atoms with Crippen LogP contribution in [0.1, 0.15) is 38.8 Å². The molecule has 2 N–H and O–H groups in total. The third-order valence-electron chi connectivity index (χ3n) is 5.53. The van der Waals surface area contributed by atoms with Gasteiger partial charge in [-0.15, -0.1) is 0 Å². The molecule has 0 saturated heterocycles. The third-order valence-corrected chi connectivity index (χ3v) is 5.53. The van der Waals surface area contributed by atoms with Gasteiger partial charge in [0.05, 0.1) is 6.04 Å². The summed E-state index contributed by atoms with van der Waals surface area (Å²) in [5, 5.41) is 17.7. The number of H-pyrrole nitrogens is 1. The maximum absolute atomic E-state index is 13.6. The lowest BCUT2D eigenvalue weighted by Gasteiger charge is -2.26. The fourth-order valence-corrected chi connectivity index (χ4v) is 4.08. The Balaban J connectivity index is 1.68. The van der Waals surface area contributed by atoms with Crippen molar-refractivity contribution in [3.05, 3.63) is 101 Å². The van der Waals surface area contributed by atoms with E-state index in [9.17, 15) is 14.3 Å². The monoisotopic (exact) mass is 414 g/mol. The van der Waals surface area contributed by atoms with Gasteiger partial charge in [0.25, 0.3) is 5.91 Å². The minimum absolute atomic E-state index is 0.0796. The van der Waals surface area contributed by atoms with Gasteiger partial charge in [-0.1, -0.05) is 29.8 Å². The van der Waals surface area contributed by atoms with E-state index in [0.29, 0.717) is 29.1 Å². The number of carbonyl (C=O) groups excluding carboxylic acids is 1. The largest absolute Gasteiger partial charge is 0.507 e. The predicted octanol–water partition coefficient (Wildman–Crippen LogP) is 4.37. The SMILES string of the molecule is Cc1ccc(O)c(-c2n[nH]c3c2[C@H](c2ccc(F)cc2)N(Cc2cccnc2)C3=O)c1. The number of phenolic OH excluding ortho intramolecular Hbond substituents is 1. The molecule has 0 unspecified atom stereocenters. The van der Waals surface area contributed by atoms with E-state index in [1.165, 1.54) is 12.1 Å². The Labute approximate surface area is 178 Å². The van der Waals surface area contributed by atoms with Crippen molar-refractivity contribution < 1.29 is 14.3 Å². The number of nitrogens with zero attached hydrogens (tertiary/aromatic N) is 3. The molecule has 2 aromatic carbocycles. The van der Waals surface area contributed by atoms with E-state index in [2.05, 4.69) is 15.2 Å². The van der Waals surface area contributed by atoms with E-state index in [1.807, 2.05) is 31.2 Å². The highest BCUT2D eigenvalue weighted by Crippen LogP contribution is 2.45. The zero-order chi connectivity index (χ0) is 21.5. The molecule has 154 valence electrons. The van der Waals surface area contributed by atoms with Gasteiger partial charge in [-0.2, -0.15) is 5.10 Å². The Morgan fingerprint density at radius 3 is 2.71 bits per heavy atom. The van der Waals surface area contributed by atoms with Crippen LogP contribution in [0, 0.1) is 12.7 Å². The van der Waals surface area contributed by atoms with Gasteiger partial charge in [0.15, 0.2) is 0 Å². The Morgan fingerprint density at radius 2 is 1.97 bits per heavy atom. The number of pyridine rings is 1. The zero-order valence-electron chi connectivity index (χ0n) is 16.7. The first kappa shape index (κ1) is 19.0. The van der Waals surface area contributed by atoms with Crippen LogP contribution in [0.4, 0.5) is 4.39 Å². The van der Waals surface area contributed by atoms with Crippen molar-refractivity contribution in [3.8, 4) is 17.0 Å². The molecule has 0 aliphatic carbocycles. The summed E-state index contributed by atoms with van der Waals surface area (Å²) in [6, 6.07) is 14.6. The number of phenols is 1. The minimum Gasteiger partial charge on any atom is -0.507 e. The molecule has 2 aromatic heterocycles. The van der Waals surface area contributed by atoms with E-state index in [0.717, 1.165) is 16.7 Å². The molecule has 0 fully saturated rings. The zero-order valence-corrected chi connectivity index (χ0v) is 16.7. The van der Waals surface area contributed by atoms with Crippen molar-refractivity contribution in [2.45, 2.75) is 19.5 Å². The maximum atomic E-state index is 13.6. The molecular formula is C24H19FN4O2. The van der Waals surface area contributed by atoms with Gasteiger partial charge in [0.1, 0.15) is 23.0 Å². The number of amides is 1. The topological polar surface area (TPSA) is 82.1 Å². The van der Waals surface area contributed by atoms with Crippen LogP contribution in [0.2, 0.25) is 0 Å². The van der Waals surface area contributed by atoms with Gasteiger partial charge < -0.3 is 10.0 Å². The molecule has 0 spiro atoms. The number of aromatic nitrogens is 3. The van der Waals surface area contributed by atoms with Crippen LogP contribution in [-0.4, -0.2) is 31.1 Å². The summed E-state index contributed by atoms with van der Waals surface area (Å²) in [5.74, 6) is -0.481. The minimum atomic E-state index is -0.489. The summed E-state index contributed by atoms with van der Waals surface area (Å²) < 4.78 is 13.6. The molecule has 6 nitrogen and oxygen atoms in total. The second-order valence-electron chi connectivity index (χ2n) is 7.63. The van der Waals surface area contributed by atoms with Crippen molar-refractivity contribution in [2.24, 2.45) is 0 Å². The summed E-state index contributed by atoms with van der Waals surface area (Å²) in [6.45, 7) is 2.25. The smallest absolute Gasteiger partial charge is 0.273 e. The number of hydrogen-bond acceptors (Lipinski definition) is 4. The summed E-state index contributed by atoms with van der Waals surface area (Å²) in [7, 11) is 0. The number of carbonyl (C=O) groups is 1. The van der Waals surface area contributed by atoms with Crippen LogP contribution in [0.5, 0.6) is 5.75 Å². The second-order valence-corrected chi connectivity index (χ2v) is 7.63. The normalized spacial score (nSPS) is 15.4. The Bertz CT molecular complexity index is 1270. The highest BCUT2D eigenvalue weighted by atomic mass is 19.1. The number of aryl methyl sites for hydroxylation is 1. The molecule has 1 atom stereocenters. The molecule has 31 heavy (non-hydrogen) atoms. The summed E-state index contributed by atoms with van der Waals surface area (Å²) >= 11 is 0. The van der Waals surface area contributed by atoms with Crippen molar-refractivity contribution >= 4 is 5.91 Å². The number of hydrogen-bond donors (Lipinski definition) is 2. The van der Waals surface area contributed by atoms with E-state index >= 15 is 0 Å². The molecule has 1 amide bonds. The average molecular weight is 414 g/mol. The lowest BCUT2D eigenvalue weighted by molar-refractivity contribution is 0.0730. The molecule has 7 heteroatoms. The van der Waals surface area contributed by atoms with Crippen LogP contribution in [-0.2, 0) is 6.54 Å². The fraction of sp³-hybridized carbons (Fsp3) is 0.125. The number of aromatic amines is 1. The lowest BCUT2D eigenvalue weighted by Crippen LogP contribution is -2.29. The maximum Gasteiger partial charge on any atom is 0.273 e. The van der Waals surface area contributed by atoms with E-state index in [-0.39, 0.29) is 17.5 Å². The predicted molar refractivity (Wildman–Crippen MR) is 113 cm³/mol. The Morgan fingerprint density at radius 1 is 1.16 bits per heavy atom. The highest BCUT2D eigenvalue weighted by molar-refractivity contribution is 6.00. The molecular weight excluding hydrogens is 395 g/mol. The number of rotatable bonds is 4. The van der Waals surface area contributed by atoms with Crippen molar-refractivity contribution in [2.75, 3.05) is 0 Å². The van der Waals surface area contributed by atoms with Crippen LogP contribution < -0.4 is 0 Å². The van der Waals surface area contributed by atoms with Crippen molar-refractivity contribution in [1.29, 1.82) is 0 Å². The van der Waals surface area contributed by atoms with Crippen molar-refractivity contribution in [3.63, 3.8) is 0 Å². The highest BCUT2D eigenvalue weighted by Gasteiger charge is 2.42. The summed E-state index contributed by atoms with van der Waals surface area (Å²) in [6.07, 6.45) is 3.39. The van der Waals surface area contributed by atoms with Crippen LogP contribution in [0.25, 0.3) is 11.3 Å². The molecule has 0 radical (unpaired) electrons. The van der Waals surface area contributed by atoms with Crippen LogP contribution >= 0.6 is 0 Å². The average Bonchev–Trinajstić information content (AvgIpc) is 3.31. The van der Waals surface area contributed by atoms with Crippen LogP contribution in [0.3, 0.4) is 0 Å². The summed E-state index contributed by atoms with van der Waals surface area (Å²) in [4.78, 5) is 19.2. The van der Waals surface area contributed by atoms with E-state index in [4.69, 9.17) is 0 Å². The number of benzene rings is 2. The second kappa shape index (κ2) is 7.36. The van der Waals surface area contributed by atoms with Gasteiger partial charge >= 0.3 is 0 Å².